The average Bonchev–Trinajstić information content (AvgIpc) is 2.01. The largest absolute Gasteiger partial charge is 0.382 e. The first-order chi connectivity index (χ1) is 6.32. The minimum Gasteiger partial charge on any atom is -0.382 e. The Labute approximate surface area is 84.6 Å². The summed E-state index contributed by atoms with van der Waals surface area (Å²) in [6.07, 6.45) is 0. The molecule has 0 unspecified atom stereocenters. The summed E-state index contributed by atoms with van der Waals surface area (Å²) in [6.45, 7) is 6.88. The third-order valence-electron chi connectivity index (χ3n) is 2.18. The number of hydrogen-bond donors (Lipinski definition) is 1. The van der Waals surface area contributed by atoms with Crippen molar-refractivity contribution in [2.24, 2.45) is 0 Å². The van der Waals surface area contributed by atoms with E-state index in [0.717, 1.165) is 11.1 Å². The summed E-state index contributed by atoms with van der Waals surface area (Å²) in [5, 5.41) is 9.58. The molecule has 0 aliphatic carbocycles. The third kappa shape index (κ3) is 2.20. The van der Waals surface area contributed by atoms with Gasteiger partial charge in [-0.3, -0.25) is 4.79 Å². The Morgan fingerprint density at radius 3 is 2.29 bits per heavy atom. The molecule has 0 aliphatic rings. The number of carbonyl (C=O) groups is 1. The Balaban J connectivity index is 3.15. The summed E-state index contributed by atoms with van der Waals surface area (Å²) >= 11 is 0. The lowest BCUT2D eigenvalue weighted by Crippen LogP contribution is -2.31. The van der Waals surface area contributed by atoms with Gasteiger partial charge in [0, 0.05) is 5.56 Å². The fraction of sp³-hybridized carbons (Fsp3) is 0.417. The molecule has 0 saturated heterocycles. The van der Waals surface area contributed by atoms with Crippen molar-refractivity contribution in [2.75, 3.05) is 0 Å². The molecule has 0 atom stereocenters. The van der Waals surface area contributed by atoms with Crippen LogP contribution in [0.25, 0.3) is 0 Å². The lowest BCUT2D eigenvalue weighted by Gasteiger charge is -2.17. The van der Waals surface area contributed by atoms with Gasteiger partial charge in [0.15, 0.2) is 5.78 Å². The second-order valence-corrected chi connectivity index (χ2v) is 4.21. The molecule has 0 bridgehead atoms. The van der Waals surface area contributed by atoms with Crippen molar-refractivity contribution in [3.8, 4) is 0 Å². The van der Waals surface area contributed by atoms with E-state index in [1.165, 1.54) is 13.8 Å². The highest BCUT2D eigenvalue weighted by Gasteiger charge is 2.26. The number of hydrogen-bond acceptors (Lipinski definition) is 2. The highest BCUT2D eigenvalue weighted by atomic mass is 16.3. The minimum atomic E-state index is -1.29. The Kier molecular flexibility index (Phi) is 2.76. The first-order valence-corrected chi connectivity index (χ1v) is 4.67. The molecule has 2 nitrogen and oxygen atoms in total. The number of carbonyl (C=O) groups excluding carboxylic acids is 1. The van der Waals surface area contributed by atoms with Gasteiger partial charge in [0.2, 0.25) is 0 Å². The van der Waals surface area contributed by atoms with Gasteiger partial charge in [0.1, 0.15) is 5.60 Å². The molecule has 0 spiro atoms. The van der Waals surface area contributed by atoms with E-state index in [2.05, 4.69) is 0 Å². The van der Waals surface area contributed by atoms with E-state index in [1.807, 2.05) is 26.0 Å². The zero-order valence-electron chi connectivity index (χ0n) is 9.09. The van der Waals surface area contributed by atoms with Crippen molar-refractivity contribution >= 4 is 5.78 Å². The number of rotatable bonds is 2. The van der Waals surface area contributed by atoms with Gasteiger partial charge < -0.3 is 5.11 Å². The van der Waals surface area contributed by atoms with E-state index in [9.17, 15) is 9.90 Å². The SMILES string of the molecule is Cc1ccc(C(=O)C(C)(C)O)c(C)c1. The van der Waals surface area contributed by atoms with Gasteiger partial charge in [0.05, 0.1) is 0 Å². The summed E-state index contributed by atoms with van der Waals surface area (Å²) in [5.41, 5.74) is 1.34. The maximum atomic E-state index is 11.7. The van der Waals surface area contributed by atoms with Gasteiger partial charge in [-0.1, -0.05) is 23.8 Å². The Hall–Kier alpha value is -1.15. The fourth-order valence-electron chi connectivity index (χ4n) is 1.40. The first-order valence-electron chi connectivity index (χ1n) is 4.67. The molecule has 1 rings (SSSR count). The summed E-state index contributed by atoms with van der Waals surface area (Å²) in [6, 6.07) is 5.59. The molecule has 2 heteroatoms. The van der Waals surface area contributed by atoms with Gasteiger partial charge in [0.25, 0.3) is 0 Å². The van der Waals surface area contributed by atoms with E-state index in [-0.39, 0.29) is 5.78 Å². The van der Waals surface area contributed by atoms with Crippen LogP contribution in [0.1, 0.15) is 35.3 Å². The minimum absolute atomic E-state index is 0.227. The predicted molar refractivity (Wildman–Crippen MR) is 56.5 cm³/mol. The van der Waals surface area contributed by atoms with Crippen LogP contribution in [0.5, 0.6) is 0 Å². The van der Waals surface area contributed by atoms with Crippen LogP contribution in [0.15, 0.2) is 18.2 Å². The lowest BCUT2D eigenvalue weighted by molar-refractivity contribution is 0.0487. The number of Topliss-reactive ketones (excluding diaryl/α,β-unsaturated/α-hetero) is 1. The number of aliphatic hydroxyl groups is 1. The monoisotopic (exact) mass is 192 g/mol. The second-order valence-electron chi connectivity index (χ2n) is 4.21. The zero-order chi connectivity index (χ0) is 10.9. The van der Waals surface area contributed by atoms with Crippen LogP contribution >= 0.6 is 0 Å². The van der Waals surface area contributed by atoms with Crippen LogP contribution in [0, 0.1) is 13.8 Å². The predicted octanol–water partition coefficient (Wildman–Crippen LogP) is 2.26. The maximum absolute atomic E-state index is 11.7. The molecule has 0 aliphatic heterocycles. The normalized spacial score (nSPS) is 11.5. The average molecular weight is 192 g/mol. The molecule has 0 saturated carbocycles. The van der Waals surface area contributed by atoms with Crippen molar-refractivity contribution in [1.29, 1.82) is 0 Å². The molecule has 0 fully saturated rings. The molecular formula is C12H16O2. The second kappa shape index (κ2) is 3.54. The van der Waals surface area contributed by atoms with E-state index in [0.29, 0.717) is 5.56 Å². The quantitative estimate of drug-likeness (QED) is 0.730. The molecule has 1 aromatic rings. The van der Waals surface area contributed by atoms with Crippen LogP contribution in [0.4, 0.5) is 0 Å². The molecule has 0 aromatic heterocycles. The molecule has 14 heavy (non-hydrogen) atoms. The van der Waals surface area contributed by atoms with Gasteiger partial charge in [-0.05, 0) is 33.3 Å². The van der Waals surface area contributed by atoms with Crippen LogP contribution in [-0.4, -0.2) is 16.5 Å². The molecule has 1 N–H and O–H groups in total. The highest BCUT2D eigenvalue weighted by Crippen LogP contribution is 2.17. The molecule has 0 radical (unpaired) electrons. The zero-order valence-corrected chi connectivity index (χ0v) is 9.09. The van der Waals surface area contributed by atoms with E-state index >= 15 is 0 Å². The van der Waals surface area contributed by atoms with Crippen LogP contribution in [0.3, 0.4) is 0 Å². The van der Waals surface area contributed by atoms with Gasteiger partial charge in [-0.15, -0.1) is 0 Å². The molecule has 76 valence electrons. The van der Waals surface area contributed by atoms with Crippen LogP contribution in [0.2, 0.25) is 0 Å². The van der Waals surface area contributed by atoms with Crippen molar-refractivity contribution in [1.82, 2.24) is 0 Å². The van der Waals surface area contributed by atoms with Crippen molar-refractivity contribution in [3.63, 3.8) is 0 Å². The first kappa shape index (κ1) is 10.9. The molecular weight excluding hydrogens is 176 g/mol. The third-order valence-corrected chi connectivity index (χ3v) is 2.18. The van der Waals surface area contributed by atoms with E-state index in [4.69, 9.17) is 0 Å². The van der Waals surface area contributed by atoms with Crippen molar-refractivity contribution in [2.45, 2.75) is 33.3 Å². The topological polar surface area (TPSA) is 37.3 Å². The lowest BCUT2D eigenvalue weighted by atomic mass is 9.93. The number of aryl methyl sites for hydroxylation is 2. The van der Waals surface area contributed by atoms with Gasteiger partial charge in [-0.2, -0.15) is 0 Å². The van der Waals surface area contributed by atoms with Gasteiger partial charge >= 0.3 is 0 Å². The molecule has 0 heterocycles. The Bertz CT molecular complexity index is 359. The molecule has 1 aromatic carbocycles. The van der Waals surface area contributed by atoms with E-state index in [1.54, 1.807) is 6.07 Å². The highest BCUT2D eigenvalue weighted by molar-refractivity contribution is 6.02. The summed E-state index contributed by atoms with van der Waals surface area (Å²) in [7, 11) is 0. The van der Waals surface area contributed by atoms with Crippen LogP contribution < -0.4 is 0 Å². The number of benzene rings is 1. The van der Waals surface area contributed by atoms with Gasteiger partial charge in [-0.25, -0.2) is 0 Å². The van der Waals surface area contributed by atoms with Crippen molar-refractivity contribution < 1.29 is 9.90 Å². The maximum Gasteiger partial charge on any atom is 0.194 e. The summed E-state index contributed by atoms with van der Waals surface area (Å²) < 4.78 is 0. The standard InChI is InChI=1S/C12H16O2/c1-8-5-6-10(9(2)7-8)11(13)12(3,4)14/h5-7,14H,1-4H3. The van der Waals surface area contributed by atoms with Crippen molar-refractivity contribution in [3.05, 3.63) is 34.9 Å². The summed E-state index contributed by atoms with van der Waals surface area (Å²) in [5.74, 6) is -0.227. The molecule has 0 amide bonds. The fourth-order valence-corrected chi connectivity index (χ4v) is 1.40. The van der Waals surface area contributed by atoms with E-state index < -0.39 is 5.60 Å². The Morgan fingerprint density at radius 2 is 1.86 bits per heavy atom. The smallest absolute Gasteiger partial charge is 0.194 e. The number of ketones is 1. The van der Waals surface area contributed by atoms with Crippen LogP contribution in [-0.2, 0) is 0 Å². The Morgan fingerprint density at radius 1 is 1.29 bits per heavy atom. The summed E-state index contributed by atoms with van der Waals surface area (Å²) in [4.78, 5) is 11.7.